The second kappa shape index (κ2) is 10.4. The summed E-state index contributed by atoms with van der Waals surface area (Å²) in [7, 11) is 0. The van der Waals surface area contributed by atoms with Gasteiger partial charge in [0, 0.05) is 55.0 Å². The Labute approximate surface area is 252 Å². The summed E-state index contributed by atoms with van der Waals surface area (Å²) in [5.41, 5.74) is -1.75. The minimum atomic E-state index is -1.71. The van der Waals surface area contributed by atoms with Gasteiger partial charge in [-0.3, -0.25) is 15.1 Å². The zero-order chi connectivity index (χ0) is 29.4. The van der Waals surface area contributed by atoms with Crippen LogP contribution in [-0.2, 0) is 16.0 Å². The lowest BCUT2D eigenvalue weighted by Crippen LogP contribution is -2.60. The molecule has 214 valence electrons. The average molecular weight is 602 g/mol. The minimum absolute atomic E-state index is 0.137. The lowest BCUT2D eigenvalue weighted by atomic mass is 9.72. The third-order valence-electron chi connectivity index (χ3n) is 7.08. The van der Waals surface area contributed by atoms with Crippen LogP contribution >= 0.6 is 11.3 Å². The molecule has 1 aliphatic rings. The molecule has 0 aliphatic carbocycles. The number of pyridine rings is 1. The highest BCUT2D eigenvalue weighted by Crippen LogP contribution is 2.61. The monoisotopic (exact) mass is 601 g/mol. The number of hydrogen-bond donors (Lipinski definition) is 1. The number of H-pyrrole nitrogens is 1. The first-order valence-corrected chi connectivity index (χ1v) is 14.1. The maximum absolute atomic E-state index is 6.85. The van der Waals surface area contributed by atoms with E-state index in [9.17, 15) is 0 Å². The fourth-order valence-corrected chi connectivity index (χ4v) is 6.25. The lowest BCUT2D eigenvalue weighted by Gasteiger charge is -2.42. The summed E-state index contributed by atoms with van der Waals surface area (Å²) in [6.07, 6.45) is 16.1. The molecule has 16 heteroatoms. The Balaban J connectivity index is 1.57. The van der Waals surface area contributed by atoms with E-state index in [1.807, 2.05) is 17.5 Å². The van der Waals surface area contributed by atoms with E-state index in [0.717, 1.165) is 0 Å². The lowest BCUT2D eigenvalue weighted by molar-refractivity contribution is 0.107. The van der Waals surface area contributed by atoms with Crippen LogP contribution in [0.15, 0.2) is 114 Å². The van der Waals surface area contributed by atoms with Crippen molar-refractivity contribution >= 4 is 23.0 Å². The Morgan fingerprint density at radius 1 is 0.750 bits per heavy atom. The van der Waals surface area contributed by atoms with Gasteiger partial charge in [0.15, 0.2) is 17.5 Å². The molecule has 1 fully saturated rings. The molecule has 1 N–H and O–H groups in total. The van der Waals surface area contributed by atoms with E-state index in [0.29, 0.717) is 33.7 Å². The number of aromatic nitrogens is 11. The summed E-state index contributed by atoms with van der Waals surface area (Å²) in [5.74, 6) is 1.09. The number of rotatable bonds is 7. The van der Waals surface area contributed by atoms with E-state index in [-0.39, 0.29) is 11.7 Å². The Kier molecular flexibility index (Phi) is 6.05. The standard InChI is InChI=1S/C28H19N13O2S/c1-2-8-31-22(5-1)40-27(26-34-15-16-44-26,21-17-29-13-14-30-21)28(24-32-9-4-10-33-24,41(43-40)23-6-3-11-35-39-23)25-37-20(18-42-25)19-7-12-36-38-19/h1-18H,(H,36,38). The molecule has 0 radical (unpaired) electrons. The Morgan fingerprint density at radius 3 is 2.36 bits per heavy atom. The third kappa shape index (κ3) is 3.64. The van der Waals surface area contributed by atoms with Crippen LogP contribution in [0.5, 0.6) is 0 Å². The number of nitrogens with one attached hydrogen (secondary N) is 1. The van der Waals surface area contributed by atoms with Gasteiger partial charge in [-0.15, -0.1) is 21.4 Å². The molecule has 0 spiro atoms. The predicted octanol–water partition coefficient (Wildman–Crippen LogP) is 3.35. The number of anilines is 2. The van der Waals surface area contributed by atoms with Crippen molar-refractivity contribution < 1.29 is 9.36 Å². The van der Waals surface area contributed by atoms with Gasteiger partial charge >= 0.3 is 0 Å². The Bertz CT molecular complexity index is 1960. The minimum Gasteiger partial charge on any atom is -0.445 e. The van der Waals surface area contributed by atoms with Gasteiger partial charge in [-0.25, -0.2) is 24.9 Å². The number of hydroxylamine groups is 2. The van der Waals surface area contributed by atoms with Gasteiger partial charge in [-0.1, -0.05) is 6.07 Å². The fourth-order valence-electron chi connectivity index (χ4n) is 5.37. The van der Waals surface area contributed by atoms with Crippen LogP contribution in [0.2, 0.25) is 0 Å². The Morgan fingerprint density at radius 2 is 1.64 bits per heavy atom. The zero-order valence-corrected chi connectivity index (χ0v) is 23.3. The first-order chi connectivity index (χ1) is 21.8. The molecular formula is C28H19N13O2S. The summed E-state index contributed by atoms with van der Waals surface area (Å²) < 4.78 is 6.41. The first kappa shape index (κ1) is 25.7. The van der Waals surface area contributed by atoms with Gasteiger partial charge in [-0.05, 0) is 36.4 Å². The molecule has 44 heavy (non-hydrogen) atoms. The average Bonchev–Trinajstić information content (AvgIpc) is 3.92. The van der Waals surface area contributed by atoms with E-state index in [2.05, 4.69) is 30.4 Å². The smallest absolute Gasteiger partial charge is 0.244 e. The maximum atomic E-state index is 6.85. The second-order valence-corrected chi connectivity index (χ2v) is 10.3. The molecule has 1 saturated heterocycles. The van der Waals surface area contributed by atoms with Crippen molar-refractivity contribution in [3.8, 4) is 11.4 Å². The highest BCUT2D eigenvalue weighted by molar-refractivity contribution is 7.09. The number of hydrogen-bond acceptors (Lipinski definition) is 15. The highest BCUT2D eigenvalue weighted by atomic mass is 32.1. The molecule has 0 aromatic carbocycles. The van der Waals surface area contributed by atoms with Crippen molar-refractivity contribution in [3.63, 3.8) is 0 Å². The van der Waals surface area contributed by atoms with E-state index in [1.165, 1.54) is 22.7 Å². The zero-order valence-electron chi connectivity index (χ0n) is 22.5. The van der Waals surface area contributed by atoms with Gasteiger partial charge in [0.25, 0.3) is 0 Å². The number of oxazole rings is 1. The van der Waals surface area contributed by atoms with Crippen molar-refractivity contribution in [1.29, 1.82) is 0 Å². The molecule has 7 aromatic rings. The Hall–Kier alpha value is -6.00. The summed E-state index contributed by atoms with van der Waals surface area (Å²) in [6.45, 7) is 0. The summed E-state index contributed by atoms with van der Waals surface area (Å²) in [6, 6.07) is 12.5. The molecular weight excluding hydrogens is 582 g/mol. The number of nitrogens with zero attached hydrogens (tertiary/aromatic N) is 12. The molecule has 2 atom stereocenters. The van der Waals surface area contributed by atoms with Crippen LogP contribution in [0.3, 0.4) is 0 Å². The largest absolute Gasteiger partial charge is 0.445 e. The van der Waals surface area contributed by atoms with E-state index in [1.54, 1.807) is 91.2 Å². The van der Waals surface area contributed by atoms with Gasteiger partial charge in [0.05, 0.1) is 17.6 Å². The molecule has 1 aliphatic heterocycles. The summed E-state index contributed by atoms with van der Waals surface area (Å²) in [5, 5.41) is 21.1. The third-order valence-corrected chi connectivity index (χ3v) is 7.96. The predicted molar refractivity (Wildman–Crippen MR) is 154 cm³/mol. The normalized spacial score (nSPS) is 19.8. The van der Waals surface area contributed by atoms with Gasteiger partial charge < -0.3 is 4.42 Å². The van der Waals surface area contributed by atoms with Gasteiger partial charge in [0.1, 0.15) is 17.0 Å². The number of aromatic amines is 1. The number of thiazole rings is 1. The molecule has 15 nitrogen and oxygen atoms in total. The molecule has 2 unspecified atom stereocenters. The van der Waals surface area contributed by atoms with Crippen molar-refractivity contribution in [2.24, 2.45) is 0 Å². The van der Waals surface area contributed by atoms with Crippen LogP contribution in [0.25, 0.3) is 11.4 Å². The summed E-state index contributed by atoms with van der Waals surface area (Å²) in [4.78, 5) is 40.3. The van der Waals surface area contributed by atoms with Crippen molar-refractivity contribution in [1.82, 2.24) is 55.3 Å². The van der Waals surface area contributed by atoms with Crippen molar-refractivity contribution in [3.05, 3.63) is 132 Å². The summed E-state index contributed by atoms with van der Waals surface area (Å²) >= 11 is 1.37. The molecule has 8 rings (SSSR count). The van der Waals surface area contributed by atoms with Crippen LogP contribution in [-0.4, -0.2) is 55.3 Å². The second-order valence-electron chi connectivity index (χ2n) is 9.37. The van der Waals surface area contributed by atoms with E-state index < -0.39 is 11.1 Å². The molecule has 8 heterocycles. The topological polar surface area (TPSA) is 174 Å². The molecule has 7 aromatic heterocycles. The van der Waals surface area contributed by atoms with Crippen molar-refractivity contribution in [2.45, 2.75) is 11.1 Å². The molecule has 0 amide bonds. The quantitative estimate of drug-likeness (QED) is 0.282. The highest BCUT2D eigenvalue weighted by Gasteiger charge is 2.77. The van der Waals surface area contributed by atoms with Crippen LogP contribution in [0.4, 0.5) is 11.6 Å². The van der Waals surface area contributed by atoms with Crippen molar-refractivity contribution in [2.75, 3.05) is 10.1 Å². The van der Waals surface area contributed by atoms with Gasteiger partial charge in [0.2, 0.25) is 17.0 Å². The first-order valence-electron chi connectivity index (χ1n) is 13.2. The molecule has 0 saturated carbocycles. The maximum Gasteiger partial charge on any atom is 0.244 e. The van der Waals surface area contributed by atoms with E-state index >= 15 is 0 Å². The fraction of sp³-hybridized carbons (Fsp3) is 0.0714. The van der Waals surface area contributed by atoms with Crippen LogP contribution in [0.1, 0.15) is 22.4 Å². The van der Waals surface area contributed by atoms with Crippen LogP contribution in [0, 0.1) is 0 Å². The van der Waals surface area contributed by atoms with E-state index in [4.69, 9.17) is 34.3 Å². The van der Waals surface area contributed by atoms with Gasteiger partial charge in [-0.2, -0.15) is 20.3 Å². The SMILES string of the molecule is c1ccc(N2ON(c3cccnn3)C(c3ncccn3)(c3nc(-c4ccn[nH]4)co3)C2(c2cnccn2)c2nccs2)nc1. The molecule has 0 bridgehead atoms. The van der Waals surface area contributed by atoms with Crippen LogP contribution < -0.4 is 10.1 Å².